The Bertz CT molecular complexity index is 638. The molecule has 4 N–H and O–H groups in total. The number of piperidine rings is 1. The van der Waals surface area contributed by atoms with E-state index in [9.17, 15) is 9.59 Å². The molecule has 25 heavy (non-hydrogen) atoms. The topological polar surface area (TPSA) is 107 Å². The van der Waals surface area contributed by atoms with Gasteiger partial charge in [0.1, 0.15) is 11.6 Å². The normalized spacial score (nSPS) is 19.8. The minimum Gasteiger partial charge on any atom is -0.383 e. The summed E-state index contributed by atoms with van der Waals surface area (Å²) in [6, 6.07) is 1.82. The smallest absolute Gasteiger partial charge is 0.317 e. The third kappa shape index (κ3) is 5.12. The van der Waals surface area contributed by atoms with E-state index in [1.165, 1.54) is 30.7 Å². The van der Waals surface area contributed by atoms with Crippen LogP contribution in [0.5, 0.6) is 0 Å². The lowest BCUT2D eigenvalue weighted by Crippen LogP contribution is -2.51. The highest BCUT2D eigenvalue weighted by Gasteiger charge is 2.27. The SMILES string of the molecule is Nc1cc(=O)[nH]c(CCNC(=O)N2CCC(N3CCSCC3)CC2)n1. The van der Waals surface area contributed by atoms with Gasteiger partial charge in [-0.25, -0.2) is 9.78 Å². The fourth-order valence-corrected chi connectivity index (χ4v) is 4.35. The second kappa shape index (κ2) is 8.57. The summed E-state index contributed by atoms with van der Waals surface area (Å²) in [6.07, 6.45) is 2.54. The van der Waals surface area contributed by atoms with Crippen LogP contribution in [0.15, 0.2) is 10.9 Å². The second-order valence-corrected chi connectivity index (χ2v) is 7.69. The number of amides is 2. The first-order valence-electron chi connectivity index (χ1n) is 8.82. The van der Waals surface area contributed by atoms with Gasteiger partial charge in [-0.05, 0) is 12.8 Å². The number of carbonyl (C=O) groups excluding carboxylic acids is 1. The fraction of sp³-hybridized carbons (Fsp3) is 0.688. The Hall–Kier alpha value is -1.74. The second-order valence-electron chi connectivity index (χ2n) is 6.47. The van der Waals surface area contributed by atoms with E-state index < -0.39 is 0 Å². The summed E-state index contributed by atoms with van der Waals surface area (Å²) in [5.41, 5.74) is 5.28. The molecule has 0 atom stereocenters. The minimum atomic E-state index is -0.271. The lowest BCUT2D eigenvalue weighted by molar-refractivity contribution is 0.124. The van der Waals surface area contributed by atoms with Gasteiger partial charge in [-0.15, -0.1) is 0 Å². The summed E-state index contributed by atoms with van der Waals surface area (Å²) in [4.78, 5) is 34.8. The Labute approximate surface area is 151 Å². The third-order valence-electron chi connectivity index (χ3n) is 4.76. The van der Waals surface area contributed by atoms with Crippen LogP contribution in [0, 0.1) is 0 Å². The average molecular weight is 366 g/mol. The molecule has 0 saturated carbocycles. The van der Waals surface area contributed by atoms with Crippen LogP contribution in [0.1, 0.15) is 18.7 Å². The van der Waals surface area contributed by atoms with E-state index in [2.05, 4.69) is 20.2 Å². The van der Waals surface area contributed by atoms with Crippen LogP contribution in [0.3, 0.4) is 0 Å². The zero-order valence-electron chi connectivity index (χ0n) is 14.4. The zero-order valence-corrected chi connectivity index (χ0v) is 15.2. The number of rotatable bonds is 4. The van der Waals surface area contributed by atoms with Gasteiger partial charge in [-0.1, -0.05) is 0 Å². The third-order valence-corrected chi connectivity index (χ3v) is 5.70. The molecule has 0 bridgehead atoms. The molecule has 0 radical (unpaired) electrons. The van der Waals surface area contributed by atoms with Crippen molar-refractivity contribution in [3.63, 3.8) is 0 Å². The van der Waals surface area contributed by atoms with Crippen LogP contribution in [0.2, 0.25) is 0 Å². The Morgan fingerprint density at radius 1 is 1.32 bits per heavy atom. The molecule has 1 aromatic rings. The van der Waals surface area contributed by atoms with Crippen LogP contribution in [0.4, 0.5) is 10.6 Å². The fourth-order valence-electron chi connectivity index (χ4n) is 3.42. The van der Waals surface area contributed by atoms with E-state index in [0.29, 0.717) is 24.8 Å². The first-order valence-corrected chi connectivity index (χ1v) is 9.97. The molecule has 0 aromatic carbocycles. The largest absolute Gasteiger partial charge is 0.383 e. The van der Waals surface area contributed by atoms with E-state index in [-0.39, 0.29) is 17.4 Å². The maximum atomic E-state index is 12.3. The summed E-state index contributed by atoms with van der Waals surface area (Å²) in [5, 5.41) is 2.90. The van der Waals surface area contributed by atoms with Crippen LogP contribution >= 0.6 is 11.8 Å². The van der Waals surface area contributed by atoms with Gasteiger partial charge in [0.2, 0.25) is 0 Å². The van der Waals surface area contributed by atoms with Crippen molar-refractivity contribution in [1.29, 1.82) is 0 Å². The number of hydrogen-bond donors (Lipinski definition) is 3. The van der Waals surface area contributed by atoms with Gasteiger partial charge in [0.15, 0.2) is 0 Å². The predicted molar refractivity (Wildman–Crippen MR) is 99.9 cm³/mol. The molecule has 2 aliphatic heterocycles. The number of aromatic amines is 1. The quantitative estimate of drug-likeness (QED) is 0.699. The number of nitrogens with zero attached hydrogens (tertiary/aromatic N) is 3. The molecule has 0 spiro atoms. The van der Waals surface area contributed by atoms with Crippen molar-refractivity contribution >= 4 is 23.6 Å². The number of nitrogens with one attached hydrogen (secondary N) is 2. The van der Waals surface area contributed by atoms with Gasteiger partial charge < -0.3 is 20.9 Å². The minimum absolute atomic E-state index is 0.0427. The summed E-state index contributed by atoms with van der Waals surface area (Å²) < 4.78 is 0. The number of thioether (sulfide) groups is 1. The highest BCUT2D eigenvalue weighted by Crippen LogP contribution is 2.20. The van der Waals surface area contributed by atoms with E-state index in [1.807, 2.05) is 16.7 Å². The first-order chi connectivity index (χ1) is 12.1. The number of nitrogen functional groups attached to an aromatic ring is 1. The molecule has 3 rings (SSSR count). The highest BCUT2D eigenvalue weighted by molar-refractivity contribution is 7.99. The molecule has 138 valence electrons. The number of hydrogen-bond acceptors (Lipinski definition) is 6. The molecule has 2 aliphatic rings. The molecule has 3 heterocycles. The van der Waals surface area contributed by atoms with E-state index in [4.69, 9.17) is 5.73 Å². The predicted octanol–water partition coefficient (Wildman–Crippen LogP) is 0.117. The van der Waals surface area contributed by atoms with Crippen LogP contribution < -0.4 is 16.6 Å². The van der Waals surface area contributed by atoms with Crippen molar-refractivity contribution in [3.8, 4) is 0 Å². The summed E-state index contributed by atoms with van der Waals surface area (Å²) in [5.74, 6) is 3.14. The van der Waals surface area contributed by atoms with E-state index in [0.717, 1.165) is 25.9 Å². The number of carbonyl (C=O) groups is 1. The molecule has 8 nitrogen and oxygen atoms in total. The molecule has 0 aliphatic carbocycles. The number of urea groups is 1. The summed E-state index contributed by atoms with van der Waals surface area (Å²) in [6.45, 7) is 4.37. The Balaban J connectivity index is 1.39. The van der Waals surface area contributed by atoms with Crippen molar-refractivity contribution in [2.24, 2.45) is 0 Å². The molecule has 9 heteroatoms. The first kappa shape index (κ1) is 18.1. The van der Waals surface area contributed by atoms with Gasteiger partial charge in [0, 0.05) is 62.8 Å². The maximum absolute atomic E-state index is 12.3. The number of anilines is 1. The number of H-pyrrole nitrogens is 1. The number of aromatic nitrogens is 2. The summed E-state index contributed by atoms with van der Waals surface area (Å²) >= 11 is 2.03. The monoisotopic (exact) mass is 366 g/mol. The number of nitrogens with two attached hydrogens (primary N) is 1. The molecule has 2 fully saturated rings. The Kier molecular flexibility index (Phi) is 6.19. The molecule has 0 unspecified atom stereocenters. The molecular weight excluding hydrogens is 340 g/mol. The lowest BCUT2D eigenvalue weighted by Gasteiger charge is -2.40. The van der Waals surface area contributed by atoms with Gasteiger partial charge in [-0.2, -0.15) is 11.8 Å². The van der Waals surface area contributed by atoms with Crippen molar-refractivity contribution in [2.45, 2.75) is 25.3 Å². The van der Waals surface area contributed by atoms with E-state index in [1.54, 1.807) is 0 Å². The Morgan fingerprint density at radius 2 is 2.04 bits per heavy atom. The van der Waals surface area contributed by atoms with Crippen molar-refractivity contribution in [2.75, 3.05) is 50.0 Å². The lowest BCUT2D eigenvalue weighted by atomic mass is 10.0. The van der Waals surface area contributed by atoms with Crippen molar-refractivity contribution in [1.82, 2.24) is 25.1 Å². The van der Waals surface area contributed by atoms with Gasteiger partial charge in [0.25, 0.3) is 5.56 Å². The molecule has 1 aromatic heterocycles. The van der Waals surface area contributed by atoms with Crippen LogP contribution in [0.25, 0.3) is 0 Å². The summed E-state index contributed by atoms with van der Waals surface area (Å²) in [7, 11) is 0. The maximum Gasteiger partial charge on any atom is 0.317 e. The average Bonchev–Trinajstić information content (AvgIpc) is 2.62. The van der Waals surface area contributed by atoms with Crippen molar-refractivity contribution < 1.29 is 4.79 Å². The van der Waals surface area contributed by atoms with Gasteiger partial charge in [0.05, 0.1) is 0 Å². The molecular formula is C16H26N6O2S. The van der Waals surface area contributed by atoms with Crippen molar-refractivity contribution in [3.05, 3.63) is 22.2 Å². The van der Waals surface area contributed by atoms with Crippen LogP contribution in [-0.4, -0.2) is 76.1 Å². The Morgan fingerprint density at radius 3 is 2.72 bits per heavy atom. The standard InChI is InChI=1S/C16H26N6O2S/c17-13-11-15(23)20-14(19-13)1-4-18-16(24)22-5-2-12(3-6-22)21-7-9-25-10-8-21/h11-12H,1-10H2,(H,18,24)(H3,17,19,20,23). The van der Waals surface area contributed by atoms with E-state index >= 15 is 0 Å². The molecule has 2 amide bonds. The zero-order chi connectivity index (χ0) is 17.6. The van der Waals surface area contributed by atoms with Gasteiger partial charge >= 0.3 is 6.03 Å². The number of likely N-dealkylation sites (tertiary alicyclic amines) is 1. The highest BCUT2D eigenvalue weighted by atomic mass is 32.2. The molecule has 2 saturated heterocycles. The van der Waals surface area contributed by atoms with Crippen LogP contribution in [-0.2, 0) is 6.42 Å². The van der Waals surface area contributed by atoms with Gasteiger partial charge in [-0.3, -0.25) is 9.69 Å².